The van der Waals surface area contributed by atoms with Crippen molar-refractivity contribution in [1.82, 2.24) is 10.4 Å². The minimum absolute atomic E-state index is 0.426. The summed E-state index contributed by atoms with van der Waals surface area (Å²) >= 11 is 0. The highest BCUT2D eigenvalue weighted by Crippen LogP contribution is 1.85. The Morgan fingerprint density at radius 2 is 2.57 bits per heavy atom. The van der Waals surface area contributed by atoms with Crippen molar-refractivity contribution in [2.24, 2.45) is 0 Å². The monoisotopic (exact) mass is 97.1 g/mol. The number of nitrogens with zero attached hydrogens (tertiary/aromatic N) is 1. The third-order valence-corrected chi connectivity index (χ3v) is 0.730. The topological polar surface area (TPSA) is 15.3 Å². The fourth-order valence-electron chi connectivity index (χ4n) is 0.397. The predicted octanol–water partition coefficient (Wildman–Crippen LogP) is 0.464. The molecule has 0 aromatic heterocycles. The first-order valence-electron chi connectivity index (χ1n) is 2.63. The van der Waals surface area contributed by atoms with E-state index < -0.39 is 0 Å². The smallest absolute Gasteiger partial charge is 0.0832 e. The lowest BCUT2D eigenvalue weighted by Gasteiger charge is -2.14. The van der Waals surface area contributed by atoms with Gasteiger partial charge in [-0.05, 0) is 12.2 Å². The summed E-state index contributed by atoms with van der Waals surface area (Å²) in [6.07, 6.45) is 5.78. The van der Waals surface area contributed by atoms with Gasteiger partial charge < -0.3 is 5.43 Å². The maximum absolute atomic E-state index is 7.06. The summed E-state index contributed by atoms with van der Waals surface area (Å²) in [6, 6.07) is 0. The van der Waals surface area contributed by atoms with Crippen molar-refractivity contribution in [1.29, 1.82) is 0 Å². The van der Waals surface area contributed by atoms with Gasteiger partial charge in [0.1, 0.15) is 0 Å². The Hall–Kier alpha value is -0.920. The largest absolute Gasteiger partial charge is 0.307 e. The minimum Gasteiger partial charge on any atom is -0.307 e. The Kier molecular flexibility index (Phi) is 0.754. The van der Waals surface area contributed by atoms with E-state index >= 15 is 0 Å². The SMILES string of the molecule is [2H]C1=CC=CN(C)N1. The molecule has 0 amide bonds. The second-order valence-electron chi connectivity index (χ2n) is 1.38. The number of allylic oxidation sites excluding steroid dienone is 2. The molecule has 2 heteroatoms. The molecular weight excluding hydrogens is 88.1 g/mol. The summed E-state index contributed by atoms with van der Waals surface area (Å²) in [4.78, 5) is 0. The number of hydrazine groups is 1. The number of nitrogens with one attached hydrogen (secondary N) is 1. The highest BCUT2D eigenvalue weighted by molar-refractivity contribution is 5.03. The summed E-state index contributed by atoms with van der Waals surface area (Å²) in [5, 5.41) is 1.72. The molecule has 0 spiro atoms. The second kappa shape index (κ2) is 1.69. The molecule has 0 fully saturated rings. The molecule has 7 heavy (non-hydrogen) atoms. The first-order valence-corrected chi connectivity index (χ1v) is 2.13. The minimum atomic E-state index is 0.426. The Balaban J connectivity index is 2.59. The van der Waals surface area contributed by atoms with Gasteiger partial charge in [0.2, 0.25) is 0 Å². The standard InChI is InChI=1S/C5H8N2/c1-7-5-3-2-4-6-7/h2-6H,1H3/i4D. The van der Waals surface area contributed by atoms with Gasteiger partial charge in [-0.2, -0.15) is 0 Å². The fourth-order valence-corrected chi connectivity index (χ4v) is 0.397. The molecule has 38 valence electrons. The molecule has 0 atom stereocenters. The molecule has 0 saturated carbocycles. The van der Waals surface area contributed by atoms with Crippen LogP contribution in [0.1, 0.15) is 1.37 Å². The van der Waals surface area contributed by atoms with E-state index in [4.69, 9.17) is 1.37 Å². The van der Waals surface area contributed by atoms with Crippen LogP contribution in [0.4, 0.5) is 0 Å². The Bertz CT molecular complexity index is 139. The Labute approximate surface area is 44.5 Å². The predicted molar refractivity (Wildman–Crippen MR) is 29.2 cm³/mol. The van der Waals surface area contributed by atoms with E-state index in [-0.39, 0.29) is 0 Å². The summed E-state index contributed by atoms with van der Waals surface area (Å²) in [5.41, 5.74) is 2.75. The molecule has 0 unspecified atom stereocenters. The van der Waals surface area contributed by atoms with Gasteiger partial charge in [0.15, 0.2) is 0 Å². The van der Waals surface area contributed by atoms with Gasteiger partial charge in [0, 0.05) is 19.4 Å². The third kappa shape index (κ3) is 0.961. The summed E-state index contributed by atoms with van der Waals surface area (Å²) < 4.78 is 7.06. The molecular formula is C5H8N2. The zero-order chi connectivity index (χ0) is 5.98. The summed E-state index contributed by atoms with van der Waals surface area (Å²) in [7, 11) is 1.85. The van der Waals surface area contributed by atoms with Crippen LogP contribution in [0.5, 0.6) is 0 Å². The molecule has 1 aliphatic heterocycles. The average Bonchev–Trinajstić information content (AvgIpc) is 1.64. The van der Waals surface area contributed by atoms with Crippen molar-refractivity contribution in [2.45, 2.75) is 0 Å². The van der Waals surface area contributed by atoms with E-state index in [0.717, 1.165) is 0 Å². The van der Waals surface area contributed by atoms with Crippen molar-refractivity contribution < 1.29 is 1.37 Å². The van der Waals surface area contributed by atoms with Crippen LogP contribution in [0.2, 0.25) is 0 Å². The quantitative estimate of drug-likeness (QED) is 0.472. The van der Waals surface area contributed by atoms with Crippen LogP contribution in [0.25, 0.3) is 0 Å². The average molecular weight is 97.1 g/mol. The molecule has 0 saturated heterocycles. The van der Waals surface area contributed by atoms with Gasteiger partial charge in [-0.25, -0.2) is 0 Å². The normalized spacial score (nSPS) is 20.4. The molecule has 0 bridgehead atoms. The molecule has 1 heterocycles. The van der Waals surface area contributed by atoms with Crippen LogP contribution >= 0.6 is 0 Å². The Morgan fingerprint density at radius 3 is 3.00 bits per heavy atom. The highest BCUT2D eigenvalue weighted by Gasteiger charge is 1.83. The molecule has 0 radical (unpaired) electrons. The Morgan fingerprint density at radius 1 is 1.71 bits per heavy atom. The van der Waals surface area contributed by atoms with Crippen molar-refractivity contribution in [2.75, 3.05) is 7.05 Å². The van der Waals surface area contributed by atoms with E-state index in [2.05, 4.69) is 5.43 Å². The molecule has 1 N–H and O–H groups in total. The maximum Gasteiger partial charge on any atom is 0.0832 e. The molecule has 2 nitrogen and oxygen atoms in total. The first-order chi connectivity index (χ1) is 3.79. The van der Waals surface area contributed by atoms with Crippen LogP contribution in [0, 0.1) is 0 Å². The van der Waals surface area contributed by atoms with Gasteiger partial charge in [0.05, 0.1) is 1.37 Å². The lowest BCUT2D eigenvalue weighted by molar-refractivity contribution is 0.382. The van der Waals surface area contributed by atoms with Crippen LogP contribution in [-0.2, 0) is 0 Å². The van der Waals surface area contributed by atoms with Gasteiger partial charge in [-0.1, -0.05) is 0 Å². The van der Waals surface area contributed by atoms with Crippen LogP contribution < -0.4 is 5.43 Å². The van der Waals surface area contributed by atoms with Crippen molar-refractivity contribution in [3.05, 3.63) is 24.5 Å². The van der Waals surface area contributed by atoms with Crippen molar-refractivity contribution in [3.63, 3.8) is 0 Å². The fraction of sp³-hybridized carbons (Fsp3) is 0.200. The molecule has 0 aromatic rings. The van der Waals surface area contributed by atoms with Crippen LogP contribution in [0.3, 0.4) is 0 Å². The van der Waals surface area contributed by atoms with Crippen LogP contribution in [-0.4, -0.2) is 12.1 Å². The van der Waals surface area contributed by atoms with Crippen molar-refractivity contribution >= 4 is 0 Å². The lowest BCUT2D eigenvalue weighted by Crippen LogP contribution is -2.25. The van der Waals surface area contributed by atoms with Gasteiger partial charge in [-0.3, -0.25) is 5.01 Å². The molecule has 1 aliphatic rings. The number of hydrogen-bond acceptors (Lipinski definition) is 2. The zero-order valence-corrected chi connectivity index (χ0v) is 4.18. The van der Waals surface area contributed by atoms with Crippen LogP contribution in [0.15, 0.2) is 24.5 Å². The molecule has 1 rings (SSSR count). The van der Waals surface area contributed by atoms with Gasteiger partial charge >= 0.3 is 0 Å². The zero-order valence-electron chi connectivity index (χ0n) is 5.18. The lowest BCUT2D eigenvalue weighted by atomic mass is 10.5. The van der Waals surface area contributed by atoms with Gasteiger partial charge in [-0.15, -0.1) is 0 Å². The first kappa shape index (κ1) is 3.13. The van der Waals surface area contributed by atoms with E-state index in [1.807, 2.05) is 19.3 Å². The molecule has 0 aliphatic carbocycles. The maximum atomic E-state index is 7.06. The van der Waals surface area contributed by atoms with E-state index in [1.54, 1.807) is 11.1 Å². The van der Waals surface area contributed by atoms with E-state index in [9.17, 15) is 0 Å². The van der Waals surface area contributed by atoms with Crippen molar-refractivity contribution in [3.8, 4) is 0 Å². The van der Waals surface area contributed by atoms with E-state index in [1.165, 1.54) is 0 Å². The number of rotatable bonds is 0. The third-order valence-electron chi connectivity index (χ3n) is 0.730. The highest BCUT2D eigenvalue weighted by atomic mass is 15.5. The van der Waals surface area contributed by atoms with Gasteiger partial charge in [0.25, 0.3) is 0 Å². The summed E-state index contributed by atoms with van der Waals surface area (Å²) in [5.74, 6) is 0. The number of hydrogen-bond donors (Lipinski definition) is 1. The second-order valence-corrected chi connectivity index (χ2v) is 1.38. The summed E-state index contributed by atoms with van der Waals surface area (Å²) in [6.45, 7) is 0. The van der Waals surface area contributed by atoms with E-state index in [0.29, 0.717) is 6.18 Å². The molecule has 0 aromatic carbocycles.